The SMILES string of the molecule is C=CC.CCN=C1/C(=C(\C)c2cccc(C3(CNC(=O)OC(C)(C)C)CCc4ccccc4C3)c2)C=CN1COCCS(C)(C)C. The summed E-state index contributed by atoms with van der Waals surface area (Å²) in [6, 6.07) is 17.5. The second-order valence-electron chi connectivity index (χ2n) is 14.0. The lowest BCUT2D eigenvalue weighted by atomic mass is 9.67. The number of hydrogen-bond donors (Lipinski definition) is 1. The molecule has 0 spiro atoms. The number of carbonyl (C=O) groups excluding carboxylic acids is 1. The van der Waals surface area contributed by atoms with Crippen molar-refractivity contribution < 1.29 is 14.3 Å². The number of amidine groups is 1. The molecule has 0 saturated carbocycles. The third-order valence-electron chi connectivity index (χ3n) is 8.11. The first-order valence-electron chi connectivity index (χ1n) is 16.4. The number of nitrogens with zero attached hydrogens (tertiary/aromatic N) is 2. The van der Waals surface area contributed by atoms with Crippen LogP contribution in [0.25, 0.3) is 5.57 Å². The van der Waals surface area contributed by atoms with E-state index in [1.54, 1.807) is 6.08 Å². The van der Waals surface area contributed by atoms with Gasteiger partial charge in [-0.3, -0.25) is 4.99 Å². The zero-order valence-electron chi connectivity index (χ0n) is 29.7. The first-order chi connectivity index (χ1) is 21.7. The zero-order valence-corrected chi connectivity index (χ0v) is 30.6. The van der Waals surface area contributed by atoms with E-state index in [0.29, 0.717) is 19.8 Å². The van der Waals surface area contributed by atoms with Crippen molar-refractivity contribution in [2.45, 2.75) is 71.8 Å². The summed E-state index contributed by atoms with van der Waals surface area (Å²) in [7, 11) is -0.587. The van der Waals surface area contributed by atoms with Crippen molar-refractivity contribution in [3.63, 3.8) is 0 Å². The smallest absolute Gasteiger partial charge is 0.407 e. The second-order valence-corrected chi connectivity index (χ2v) is 18.6. The number of fused-ring (bicyclic) bond motifs is 1. The minimum absolute atomic E-state index is 0.243. The number of amides is 1. The number of aliphatic imine (C=N–C) groups is 1. The van der Waals surface area contributed by atoms with Crippen molar-refractivity contribution in [1.29, 1.82) is 0 Å². The summed E-state index contributed by atoms with van der Waals surface area (Å²) in [6.07, 6.45) is 15.4. The number of alkyl carbamates (subject to hydrolysis) is 1. The lowest BCUT2D eigenvalue weighted by molar-refractivity contribution is 0.0511. The Hall–Kier alpha value is -3.29. The zero-order chi connectivity index (χ0) is 34.0. The van der Waals surface area contributed by atoms with Gasteiger partial charge in [0.2, 0.25) is 0 Å². The first kappa shape index (κ1) is 37.2. The molecular formula is C39H57N3O3S. The van der Waals surface area contributed by atoms with Crippen molar-refractivity contribution in [1.82, 2.24) is 10.2 Å². The molecule has 1 unspecified atom stereocenters. The number of allylic oxidation sites excluding steroid dienone is 2. The molecule has 0 aromatic heterocycles. The monoisotopic (exact) mass is 647 g/mol. The number of ether oxygens (including phenoxy) is 2. The third-order valence-corrected chi connectivity index (χ3v) is 9.51. The molecule has 6 nitrogen and oxygen atoms in total. The van der Waals surface area contributed by atoms with E-state index in [-0.39, 0.29) is 11.5 Å². The average Bonchev–Trinajstić information content (AvgIpc) is 3.39. The Balaban J connectivity index is 0.00000185. The number of benzene rings is 2. The molecule has 46 heavy (non-hydrogen) atoms. The van der Waals surface area contributed by atoms with Gasteiger partial charge in [0.1, 0.15) is 18.2 Å². The van der Waals surface area contributed by atoms with Crippen LogP contribution in [0.15, 0.2) is 84.0 Å². The van der Waals surface area contributed by atoms with Crippen LogP contribution in [0, 0.1) is 0 Å². The molecule has 0 radical (unpaired) electrons. The van der Waals surface area contributed by atoms with Crippen LogP contribution in [0.3, 0.4) is 0 Å². The highest BCUT2D eigenvalue weighted by Crippen LogP contribution is 2.40. The molecule has 2 aromatic carbocycles. The molecule has 2 aromatic rings. The van der Waals surface area contributed by atoms with E-state index in [0.717, 1.165) is 48.6 Å². The van der Waals surface area contributed by atoms with Gasteiger partial charge in [-0.25, -0.2) is 14.8 Å². The fourth-order valence-corrected chi connectivity index (χ4v) is 6.37. The van der Waals surface area contributed by atoms with Gasteiger partial charge in [0.05, 0.1) is 6.61 Å². The summed E-state index contributed by atoms with van der Waals surface area (Å²) in [4.78, 5) is 19.8. The molecular weight excluding hydrogens is 591 g/mol. The maximum Gasteiger partial charge on any atom is 0.407 e. The largest absolute Gasteiger partial charge is 0.444 e. The van der Waals surface area contributed by atoms with Gasteiger partial charge in [-0.05, 0) is 113 Å². The lowest BCUT2D eigenvalue weighted by Gasteiger charge is -2.39. The summed E-state index contributed by atoms with van der Waals surface area (Å²) < 4.78 is 11.7. The summed E-state index contributed by atoms with van der Waals surface area (Å²) in [6.45, 7) is 17.7. The Morgan fingerprint density at radius 2 is 1.83 bits per heavy atom. The second kappa shape index (κ2) is 16.5. The van der Waals surface area contributed by atoms with Crippen LogP contribution in [0.5, 0.6) is 0 Å². The highest BCUT2D eigenvalue weighted by molar-refractivity contribution is 8.32. The molecule has 1 heterocycles. The summed E-state index contributed by atoms with van der Waals surface area (Å²) >= 11 is 0. The Kier molecular flexibility index (Phi) is 13.3. The molecule has 1 atom stereocenters. The van der Waals surface area contributed by atoms with E-state index in [4.69, 9.17) is 14.5 Å². The van der Waals surface area contributed by atoms with Crippen molar-refractivity contribution in [3.8, 4) is 0 Å². The normalized spacial score (nSPS) is 20.0. The Bertz CT molecular complexity index is 1430. The fraction of sp³-hybridized carbons (Fsp3) is 0.487. The Labute approximate surface area is 280 Å². The van der Waals surface area contributed by atoms with Gasteiger partial charge in [-0.2, -0.15) is 0 Å². The van der Waals surface area contributed by atoms with E-state index in [9.17, 15) is 4.79 Å². The van der Waals surface area contributed by atoms with Gasteiger partial charge < -0.3 is 19.7 Å². The van der Waals surface area contributed by atoms with E-state index < -0.39 is 15.6 Å². The number of aryl methyl sites for hydroxylation is 1. The van der Waals surface area contributed by atoms with Crippen LogP contribution < -0.4 is 5.32 Å². The lowest BCUT2D eigenvalue weighted by Crippen LogP contribution is -2.46. The Morgan fingerprint density at radius 3 is 2.48 bits per heavy atom. The maximum absolute atomic E-state index is 12.8. The highest BCUT2D eigenvalue weighted by Gasteiger charge is 2.37. The standard InChI is InChI=1S/C36H51N3O3S.C3H6/c1-9-37-33-32(18-20-39(33)26-41-21-22-43(6,7)8)27(2)29-15-12-16-31(23-29)36(25-38-34(40)42-35(3,4)5)19-17-28-13-10-11-14-30(28)24-36;1-3-2/h10-16,18,20,23H,9,17,19,21-22,24-26H2,1-8H3,(H,38,40);3H,1H2,2H3/b32-27+,37-33?;. The van der Waals surface area contributed by atoms with E-state index in [1.807, 2.05) is 27.7 Å². The van der Waals surface area contributed by atoms with Gasteiger partial charge in [-0.15, -0.1) is 6.58 Å². The van der Waals surface area contributed by atoms with Crippen LogP contribution in [0.1, 0.15) is 70.2 Å². The first-order valence-corrected chi connectivity index (χ1v) is 19.4. The molecule has 1 N–H and O–H groups in total. The molecule has 0 saturated heterocycles. The molecule has 2 aliphatic rings. The minimum atomic E-state index is -0.587. The van der Waals surface area contributed by atoms with Crippen LogP contribution in [-0.4, -0.2) is 73.4 Å². The van der Waals surface area contributed by atoms with E-state index in [1.165, 1.54) is 22.3 Å². The topological polar surface area (TPSA) is 63.2 Å². The van der Waals surface area contributed by atoms with Gasteiger partial charge >= 0.3 is 6.09 Å². The van der Waals surface area contributed by atoms with Crippen molar-refractivity contribution in [2.24, 2.45) is 4.99 Å². The molecule has 0 bridgehead atoms. The summed E-state index contributed by atoms with van der Waals surface area (Å²) in [5.41, 5.74) is 6.66. The van der Waals surface area contributed by atoms with E-state index in [2.05, 4.69) is 110 Å². The number of hydrogen-bond acceptors (Lipinski definition) is 4. The molecule has 252 valence electrons. The minimum Gasteiger partial charge on any atom is -0.444 e. The van der Waals surface area contributed by atoms with Crippen LogP contribution in [-0.2, 0) is 27.7 Å². The summed E-state index contributed by atoms with van der Waals surface area (Å²) in [5.74, 6) is 2.05. The summed E-state index contributed by atoms with van der Waals surface area (Å²) in [5, 5.41) is 3.12. The number of nitrogens with one attached hydrogen (secondary N) is 1. The predicted octanol–water partition coefficient (Wildman–Crippen LogP) is 8.52. The molecule has 0 fully saturated rings. The molecule has 4 rings (SSSR count). The van der Waals surface area contributed by atoms with Gasteiger partial charge in [0.15, 0.2) is 0 Å². The van der Waals surface area contributed by atoms with Crippen molar-refractivity contribution in [3.05, 3.63) is 101 Å². The van der Waals surface area contributed by atoms with Crippen LogP contribution in [0.4, 0.5) is 4.79 Å². The molecule has 1 amide bonds. The number of carbonyl (C=O) groups is 1. The van der Waals surface area contributed by atoms with Crippen molar-refractivity contribution >= 4 is 27.5 Å². The third kappa shape index (κ3) is 10.6. The molecule has 7 heteroatoms. The molecule has 1 aliphatic heterocycles. The van der Waals surface area contributed by atoms with Gasteiger partial charge in [-0.1, -0.05) is 54.6 Å². The fourth-order valence-electron chi connectivity index (χ4n) is 5.75. The van der Waals surface area contributed by atoms with Crippen LogP contribution in [0.2, 0.25) is 0 Å². The number of rotatable bonds is 10. The van der Waals surface area contributed by atoms with Crippen molar-refractivity contribution in [2.75, 3.05) is 50.9 Å². The van der Waals surface area contributed by atoms with Gasteiger partial charge in [0.25, 0.3) is 0 Å². The highest BCUT2D eigenvalue weighted by atomic mass is 32.3. The average molecular weight is 648 g/mol. The maximum atomic E-state index is 12.8. The quantitative estimate of drug-likeness (QED) is 0.207. The van der Waals surface area contributed by atoms with Gasteiger partial charge in [0, 0.05) is 36.0 Å². The van der Waals surface area contributed by atoms with E-state index >= 15 is 0 Å². The van der Waals surface area contributed by atoms with Crippen LogP contribution >= 0.6 is 10.0 Å². The Morgan fingerprint density at radius 1 is 1.13 bits per heavy atom. The predicted molar refractivity (Wildman–Crippen MR) is 199 cm³/mol. The molecule has 1 aliphatic carbocycles.